The van der Waals surface area contributed by atoms with E-state index in [0.29, 0.717) is 33.8 Å². The number of aliphatic hydroxyl groups is 1. The fraction of sp³-hybridized carbons (Fsp3) is 0.848. The molecule has 4 heteroatoms. The molecule has 1 heterocycles. The van der Waals surface area contributed by atoms with E-state index in [1.54, 1.807) is 12.4 Å². The molecule has 0 spiro atoms. The molecule has 37 heavy (non-hydrogen) atoms. The molecule has 10 unspecified atom stereocenters. The highest BCUT2D eigenvalue weighted by Gasteiger charge is 2.66. The van der Waals surface area contributed by atoms with Crippen molar-refractivity contribution in [3.63, 3.8) is 0 Å². The summed E-state index contributed by atoms with van der Waals surface area (Å²) < 4.78 is 0. The summed E-state index contributed by atoms with van der Waals surface area (Å²) in [6.45, 7) is 15.0. The van der Waals surface area contributed by atoms with Gasteiger partial charge in [-0.15, -0.1) is 0 Å². The second-order valence-corrected chi connectivity index (χ2v) is 15.6. The van der Waals surface area contributed by atoms with Crippen LogP contribution in [-0.2, 0) is 0 Å². The van der Waals surface area contributed by atoms with E-state index >= 15 is 0 Å². The van der Waals surface area contributed by atoms with Crippen LogP contribution in [0, 0.1) is 62.6 Å². The van der Waals surface area contributed by atoms with Crippen LogP contribution in [0.1, 0.15) is 106 Å². The van der Waals surface area contributed by atoms with Crippen LogP contribution in [0.2, 0.25) is 0 Å². The monoisotopic (exact) mass is 505 g/mol. The van der Waals surface area contributed by atoms with Crippen molar-refractivity contribution in [3.8, 4) is 0 Å². The van der Waals surface area contributed by atoms with Gasteiger partial charge in [0.1, 0.15) is 0 Å². The topological polar surface area (TPSA) is 68.8 Å². The fourth-order valence-corrected chi connectivity index (χ4v) is 12.0. The van der Waals surface area contributed by atoms with Crippen molar-refractivity contribution in [1.82, 2.24) is 0 Å². The van der Waals surface area contributed by atoms with E-state index in [4.69, 9.17) is 5.41 Å². The third kappa shape index (κ3) is 3.74. The van der Waals surface area contributed by atoms with Crippen molar-refractivity contribution in [2.75, 3.05) is 0 Å². The van der Waals surface area contributed by atoms with Crippen LogP contribution in [0.15, 0.2) is 21.6 Å². The Morgan fingerprint density at radius 2 is 1.54 bits per heavy atom. The minimum Gasteiger partial charge on any atom is -0.393 e. The van der Waals surface area contributed by atoms with Gasteiger partial charge in [0.25, 0.3) is 0 Å². The van der Waals surface area contributed by atoms with E-state index in [1.165, 1.54) is 63.4 Å². The molecule has 10 atom stereocenters. The first-order valence-corrected chi connectivity index (χ1v) is 15.4. The summed E-state index contributed by atoms with van der Waals surface area (Å²) in [5, 5.41) is 18.7. The van der Waals surface area contributed by atoms with E-state index in [2.05, 4.69) is 57.6 Å². The average Bonchev–Trinajstić information content (AvgIpc) is 3.21. The Morgan fingerprint density at radius 3 is 2.27 bits per heavy atom. The first-order chi connectivity index (χ1) is 17.4. The minimum absolute atomic E-state index is 0.0390. The number of fused-ring (bicyclic) bond motifs is 7. The molecule has 0 radical (unpaired) electrons. The highest BCUT2D eigenvalue weighted by Crippen LogP contribution is 2.73. The molecule has 1 aliphatic heterocycles. The van der Waals surface area contributed by atoms with Gasteiger partial charge >= 0.3 is 0 Å². The molecule has 5 aliphatic carbocycles. The van der Waals surface area contributed by atoms with Gasteiger partial charge in [0.2, 0.25) is 0 Å². The molecule has 0 amide bonds. The van der Waals surface area contributed by atoms with Crippen LogP contribution < -0.4 is 0 Å². The normalized spacial score (nSPS) is 52.7. The zero-order valence-electron chi connectivity index (χ0n) is 24.3. The van der Waals surface area contributed by atoms with Crippen LogP contribution in [0.5, 0.6) is 0 Å². The average molecular weight is 506 g/mol. The van der Waals surface area contributed by atoms with Crippen LogP contribution >= 0.6 is 0 Å². The molecule has 6 rings (SSSR count). The number of aliphatic hydroxyl groups excluding tert-OH is 1. The van der Waals surface area contributed by atoms with E-state index < -0.39 is 0 Å². The van der Waals surface area contributed by atoms with E-state index in [-0.39, 0.29) is 17.7 Å². The quantitative estimate of drug-likeness (QED) is 0.375. The lowest BCUT2D eigenvalue weighted by Gasteiger charge is -2.69. The molecular formula is C33H51N3O. The van der Waals surface area contributed by atoms with Crippen molar-refractivity contribution < 1.29 is 5.11 Å². The molecule has 2 N–H and O–H groups in total. The smallest absolute Gasteiger partial charge is 0.158 e. The van der Waals surface area contributed by atoms with Gasteiger partial charge in [-0.2, -0.15) is 0 Å². The Kier molecular flexibility index (Phi) is 6.04. The maximum absolute atomic E-state index is 10.9. The molecule has 0 aromatic carbocycles. The van der Waals surface area contributed by atoms with Crippen LogP contribution in [0.4, 0.5) is 0 Å². The zero-order valence-corrected chi connectivity index (χ0v) is 24.3. The molecule has 4 nitrogen and oxygen atoms in total. The van der Waals surface area contributed by atoms with Crippen LogP contribution in [0.25, 0.3) is 0 Å². The Morgan fingerprint density at radius 1 is 0.865 bits per heavy atom. The summed E-state index contributed by atoms with van der Waals surface area (Å²) in [5.41, 5.74) is 3.22. The summed E-state index contributed by atoms with van der Waals surface area (Å²) in [6, 6.07) is 0. The maximum atomic E-state index is 10.9. The summed E-state index contributed by atoms with van der Waals surface area (Å²) in [4.78, 5) is 9.02. The van der Waals surface area contributed by atoms with Gasteiger partial charge in [0, 0.05) is 0 Å². The van der Waals surface area contributed by atoms with E-state index in [9.17, 15) is 5.11 Å². The molecule has 0 aromatic heterocycles. The lowest BCUT2D eigenvalue weighted by atomic mass is 9.36. The van der Waals surface area contributed by atoms with Gasteiger partial charge in [0.15, 0.2) is 6.17 Å². The second-order valence-electron chi connectivity index (χ2n) is 15.6. The summed E-state index contributed by atoms with van der Waals surface area (Å²) in [7, 11) is 0. The number of nitrogens with one attached hydrogen (secondary N) is 1. The van der Waals surface area contributed by atoms with Gasteiger partial charge in [0.05, 0.1) is 24.2 Å². The summed E-state index contributed by atoms with van der Waals surface area (Å²) in [6.07, 6.45) is 18.5. The van der Waals surface area contributed by atoms with Gasteiger partial charge in [-0.3, -0.25) is 15.4 Å². The molecule has 0 bridgehead atoms. The predicted molar refractivity (Wildman–Crippen MR) is 153 cm³/mol. The Bertz CT molecular complexity index is 1030. The minimum atomic E-state index is -0.145. The molecule has 6 aliphatic rings. The molecule has 5 saturated carbocycles. The molecule has 0 saturated heterocycles. The van der Waals surface area contributed by atoms with Gasteiger partial charge < -0.3 is 5.11 Å². The highest BCUT2D eigenvalue weighted by atomic mass is 16.3. The van der Waals surface area contributed by atoms with Crippen molar-refractivity contribution in [2.45, 2.75) is 118 Å². The van der Waals surface area contributed by atoms with Gasteiger partial charge in [-0.05, 0) is 134 Å². The lowest BCUT2D eigenvalue weighted by Crippen LogP contribution is -2.63. The Labute approximate surface area is 225 Å². The number of nitrogens with zero attached hydrogens (tertiary/aromatic N) is 2. The predicted octanol–water partition coefficient (Wildman–Crippen LogP) is 7.51. The molecule has 204 valence electrons. The SMILES string of the molecule is CC(=CC1N=CC(=N)C=N1)C1CCC2(C)CCC3C(CCC4C3(C)CCC3C(C)(C)C(O)CCC34C)C12. The van der Waals surface area contributed by atoms with E-state index in [0.717, 1.165) is 30.1 Å². The number of aliphatic imine (C=N–C) groups is 2. The first kappa shape index (κ1) is 26.0. The van der Waals surface area contributed by atoms with Crippen molar-refractivity contribution >= 4 is 18.1 Å². The highest BCUT2D eigenvalue weighted by molar-refractivity contribution is 6.55. The third-order valence-corrected chi connectivity index (χ3v) is 13.7. The van der Waals surface area contributed by atoms with Gasteiger partial charge in [-0.1, -0.05) is 40.2 Å². The van der Waals surface area contributed by atoms with Crippen molar-refractivity contribution in [2.24, 2.45) is 67.2 Å². The first-order valence-electron chi connectivity index (χ1n) is 15.4. The number of rotatable bonds is 2. The largest absolute Gasteiger partial charge is 0.393 e. The molecule has 0 aromatic rings. The number of hydrogen-bond acceptors (Lipinski definition) is 4. The third-order valence-electron chi connectivity index (χ3n) is 13.7. The van der Waals surface area contributed by atoms with Crippen molar-refractivity contribution in [1.29, 1.82) is 5.41 Å². The van der Waals surface area contributed by atoms with Crippen molar-refractivity contribution in [3.05, 3.63) is 11.6 Å². The standard InChI is InChI=1S/C33H51N3O/c1-20(17-28-35-18-21(34)19-36-28)22-9-13-31(4)14-10-24-23(29(22)31)7-8-26-32(24,5)15-11-25-30(2,3)27(37)12-16-33(25,26)6/h17-19,22-29,34,37H,7-16H2,1-6H3. The second kappa shape index (κ2) is 8.60. The molecule has 5 fully saturated rings. The summed E-state index contributed by atoms with van der Waals surface area (Å²) >= 11 is 0. The zero-order chi connectivity index (χ0) is 26.4. The van der Waals surface area contributed by atoms with Gasteiger partial charge in [-0.25, -0.2) is 0 Å². The number of hydrogen-bond donors (Lipinski definition) is 2. The molecular weight excluding hydrogens is 454 g/mol. The van der Waals surface area contributed by atoms with Crippen LogP contribution in [0.3, 0.4) is 0 Å². The fourth-order valence-electron chi connectivity index (χ4n) is 12.0. The Hall–Kier alpha value is -1.29. The Balaban J connectivity index is 1.29. The maximum Gasteiger partial charge on any atom is 0.158 e. The lowest BCUT2D eigenvalue weighted by molar-refractivity contribution is -0.215. The number of allylic oxidation sites excluding steroid dienone is 1. The van der Waals surface area contributed by atoms with Crippen LogP contribution in [-0.4, -0.2) is 35.5 Å². The van der Waals surface area contributed by atoms with E-state index in [1.807, 2.05) is 0 Å². The summed E-state index contributed by atoms with van der Waals surface area (Å²) in [5.74, 6) is 4.57.